The first-order chi connectivity index (χ1) is 14.6. The standard InChI is InChI=1S/C22H38N2O9/c1-13(25)30-15(16(23)26)12-11-14(17(27)31-20(2,3)4)24(18(28)32-21(5,6)7)19(29)33-22(8,9)10/h14-15H,11-12H2,1-10H3,(H2,23,26)/t14-,15?/m0/s1. The van der Waals surface area contributed by atoms with E-state index in [1.807, 2.05) is 0 Å². The summed E-state index contributed by atoms with van der Waals surface area (Å²) in [6, 6.07) is -1.55. The van der Waals surface area contributed by atoms with Crippen LogP contribution in [0.4, 0.5) is 9.59 Å². The number of hydrogen-bond donors (Lipinski definition) is 1. The van der Waals surface area contributed by atoms with Gasteiger partial charge in [0.1, 0.15) is 22.8 Å². The number of esters is 2. The van der Waals surface area contributed by atoms with Crippen LogP contribution in [0.25, 0.3) is 0 Å². The summed E-state index contributed by atoms with van der Waals surface area (Å²) in [6.45, 7) is 15.4. The van der Waals surface area contributed by atoms with Crippen LogP contribution in [0, 0.1) is 0 Å². The second kappa shape index (κ2) is 11.3. The molecule has 0 heterocycles. The lowest BCUT2D eigenvalue weighted by molar-refractivity contribution is -0.162. The Labute approximate surface area is 195 Å². The summed E-state index contributed by atoms with van der Waals surface area (Å²) in [6.07, 6.45) is -4.24. The summed E-state index contributed by atoms with van der Waals surface area (Å²) in [4.78, 5) is 62.5. The lowest BCUT2D eigenvalue weighted by Gasteiger charge is -2.34. The van der Waals surface area contributed by atoms with Gasteiger partial charge in [0, 0.05) is 6.92 Å². The third-order valence-corrected chi connectivity index (χ3v) is 3.50. The lowest BCUT2D eigenvalue weighted by atomic mass is 10.1. The third-order valence-electron chi connectivity index (χ3n) is 3.50. The van der Waals surface area contributed by atoms with E-state index in [9.17, 15) is 24.0 Å². The SMILES string of the molecule is CC(=O)OC(CC[C@@H](C(=O)OC(C)(C)C)N(C(=O)OC(C)(C)C)C(=O)OC(C)(C)C)C(N)=O. The lowest BCUT2D eigenvalue weighted by Crippen LogP contribution is -2.53. The highest BCUT2D eigenvalue weighted by atomic mass is 16.6. The number of carbonyl (C=O) groups is 5. The second-order valence-corrected chi connectivity index (χ2v) is 10.5. The number of carbonyl (C=O) groups excluding carboxylic acids is 5. The first-order valence-corrected chi connectivity index (χ1v) is 10.6. The Kier molecular flexibility index (Phi) is 10.4. The van der Waals surface area contributed by atoms with E-state index in [2.05, 4.69) is 0 Å². The van der Waals surface area contributed by atoms with Crippen LogP contribution in [-0.4, -0.2) is 63.9 Å². The molecule has 0 aliphatic heterocycles. The highest BCUT2D eigenvalue weighted by molar-refractivity contribution is 5.94. The normalized spacial score (nSPS) is 13.9. The predicted molar refractivity (Wildman–Crippen MR) is 118 cm³/mol. The molecule has 33 heavy (non-hydrogen) atoms. The van der Waals surface area contributed by atoms with Crippen LogP contribution in [0.2, 0.25) is 0 Å². The summed E-state index contributed by atoms with van der Waals surface area (Å²) in [7, 11) is 0. The van der Waals surface area contributed by atoms with E-state index in [4.69, 9.17) is 24.7 Å². The van der Waals surface area contributed by atoms with E-state index in [-0.39, 0.29) is 12.8 Å². The van der Waals surface area contributed by atoms with Crippen LogP contribution in [0.3, 0.4) is 0 Å². The van der Waals surface area contributed by atoms with Crippen LogP contribution in [-0.2, 0) is 33.3 Å². The van der Waals surface area contributed by atoms with Crippen molar-refractivity contribution < 1.29 is 42.9 Å². The molecule has 0 aromatic heterocycles. The number of amides is 3. The number of ether oxygens (including phenoxy) is 4. The second-order valence-electron chi connectivity index (χ2n) is 10.5. The van der Waals surface area contributed by atoms with E-state index in [1.165, 1.54) is 0 Å². The molecule has 190 valence electrons. The third kappa shape index (κ3) is 12.7. The van der Waals surface area contributed by atoms with Gasteiger partial charge in [-0.3, -0.25) is 9.59 Å². The van der Waals surface area contributed by atoms with Gasteiger partial charge in [-0.2, -0.15) is 4.90 Å². The fraction of sp³-hybridized carbons (Fsp3) is 0.773. The van der Waals surface area contributed by atoms with Crippen molar-refractivity contribution in [2.24, 2.45) is 5.73 Å². The zero-order valence-corrected chi connectivity index (χ0v) is 21.3. The van der Waals surface area contributed by atoms with E-state index in [0.29, 0.717) is 4.90 Å². The van der Waals surface area contributed by atoms with Crippen molar-refractivity contribution >= 4 is 30.0 Å². The van der Waals surface area contributed by atoms with Crippen molar-refractivity contribution in [2.75, 3.05) is 0 Å². The molecule has 0 radical (unpaired) electrons. The largest absolute Gasteiger partial charge is 0.458 e. The molecule has 0 spiro atoms. The fourth-order valence-electron chi connectivity index (χ4n) is 2.44. The van der Waals surface area contributed by atoms with Crippen molar-refractivity contribution in [3.63, 3.8) is 0 Å². The smallest absolute Gasteiger partial charge is 0.420 e. The van der Waals surface area contributed by atoms with Gasteiger partial charge in [-0.05, 0) is 75.2 Å². The predicted octanol–water partition coefficient (Wildman–Crippen LogP) is 3.07. The molecule has 11 heteroatoms. The maximum atomic E-state index is 13.0. The number of nitrogens with two attached hydrogens (primary N) is 1. The van der Waals surface area contributed by atoms with Crippen LogP contribution in [0.1, 0.15) is 82.1 Å². The number of nitrogens with zero attached hydrogens (tertiary/aromatic N) is 1. The minimum Gasteiger partial charge on any atom is -0.458 e. The number of hydrogen-bond acceptors (Lipinski definition) is 9. The van der Waals surface area contributed by atoms with Gasteiger partial charge in [0.05, 0.1) is 0 Å². The molecule has 2 atom stereocenters. The molecule has 0 aliphatic rings. The maximum Gasteiger partial charge on any atom is 0.420 e. The molecule has 0 rings (SSSR count). The zero-order chi connectivity index (χ0) is 26.4. The number of primary amides is 1. The Bertz CT molecular complexity index is 714. The fourth-order valence-corrected chi connectivity index (χ4v) is 2.44. The van der Waals surface area contributed by atoms with Gasteiger partial charge in [0.15, 0.2) is 6.10 Å². The summed E-state index contributed by atoms with van der Waals surface area (Å²) < 4.78 is 20.9. The Hall–Kier alpha value is -2.85. The molecule has 1 unspecified atom stereocenters. The molecule has 3 amide bonds. The van der Waals surface area contributed by atoms with Crippen LogP contribution in [0.5, 0.6) is 0 Å². The van der Waals surface area contributed by atoms with Gasteiger partial charge in [-0.15, -0.1) is 0 Å². The Morgan fingerprint density at radius 2 is 1.12 bits per heavy atom. The van der Waals surface area contributed by atoms with Crippen molar-refractivity contribution in [1.29, 1.82) is 0 Å². The monoisotopic (exact) mass is 474 g/mol. The van der Waals surface area contributed by atoms with Gasteiger partial charge in [-0.1, -0.05) is 0 Å². The first kappa shape index (κ1) is 30.1. The summed E-state index contributed by atoms with van der Waals surface area (Å²) in [5.74, 6) is -2.65. The average Bonchev–Trinajstić information content (AvgIpc) is 2.51. The molecule has 11 nitrogen and oxygen atoms in total. The average molecular weight is 475 g/mol. The Balaban J connectivity index is 6.28. The van der Waals surface area contributed by atoms with Crippen molar-refractivity contribution in [3.05, 3.63) is 0 Å². The number of imide groups is 1. The quantitative estimate of drug-likeness (QED) is 0.433. The Morgan fingerprint density at radius 1 is 0.727 bits per heavy atom. The van der Waals surface area contributed by atoms with Crippen molar-refractivity contribution in [1.82, 2.24) is 4.90 Å². The first-order valence-electron chi connectivity index (χ1n) is 10.6. The van der Waals surface area contributed by atoms with Gasteiger partial charge >= 0.3 is 24.1 Å². The van der Waals surface area contributed by atoms with Gasteiger partial charge in [-0.25, -0.2) is 14.4 Å². The summed E-state index contributed by atoms with van der Waals surface area (Å²) >= 11 is 0. The Morgan fingerprint density at radius 3 is 1.42 bits per heavy atom. The van der Waals surface area contributed by atoms with Crippen LogP contribution < -0.4 is 5.73 Å². The molecule has 0 saturated carbocycles. The van der Waals surface area contributed by atoms with E-state index >= 15 is 0 Å². The summed E-state index contributed by atoms with van der Waals surface area (Å²) in [5.41, 5.74) is 2.33. The van der Waals surface area contributed by atoms with Crippen LogP contribution >= 0.6 is 0 Å². The van der Waals surface area contributed by atoms with E-state index < -0.39 is 59.0 Å². The highest BCUT2D eigenvalue weighted by Crippen LogP contribution is 2.22. The van der Waals surface area contributed by atoms with Gasteiger partial charge < -0.3 is 24.7 Å². The molecule has 0 aliphatic carbocycles. The van der Waals surface area contributed by atoms with Crippen molar-refractivity contribution in [3.8, 4) is 0 Å². The zero-order valence-electron chi connectivity index (χ0n) is 21.3. The minimum atomic E-state index is -1.55. The van der Waals surface area contributed by atoms with E-state index in [0.717, 1.165) is 6.92 Å². The minimum absolute atomic E-state index is 0.263. The molecular weight excluding hydrogens is 436 g/mol. The van der Waals surface area contributed by atoms with Crippen molar-refractivity contribution in [2.45, 2.75) is 111 Å². The maximum absolute atomic E-state index is 13.0. The molecule has 2 N–H and O–H groups in total. The molecular formula is C22H38N2O9. The molecule has 0 saturated heterocycles. The topological polar surface area (TPSA) is 152 Å². The summed E-state index contributed by atoms with van der Waals surface area (Å²) in [5, 5.41) is 0. The van der Waals surface area contributed by atoms with E-state index in [1.54, 1.807) is 62.3 Å². The van der Waals surface area contributed by atoms with Crippen LogP contribution in [0.15, 0.2) is 0 Å². The molecule has 0 fully saturated rings. The molecule has 0 aromatic rings. The molecule has 0 bridgehead atoms. The van der Waals surface area contributed by atoms with Gasteiger partial charge in [0.25, 0.3) is 5.91 Å². The van der Waals surface area contributed by atoms with Gasteiger partial charge in [0.2, 0.25) is 0 Å². The molecule has 0 aromatic carbocycles. The highest BCUT2D eigenvalue weighted by Gasteiger charge is 2.42. The number of rotatable bonds is 7.